The molecule has 2 aromatic carbocycles. The van der Waals surface area contributed by atoms with Gasteiger partial charge >= 0.3 is 0 Å². The van der Waals surface area contributed by atoms with E-state index in [-0.39, 0.29) is 18.4 Å². The number of aromatic nitrogens is 2. The highest BCUT2D eigenvalue weighted by Crippen LogP contribution is 2.20. The van der Waals surface area contributed by atoms with Gasteiger partial charge in [0.25, 0.3) is 5.91 Å². The van der Waals surface area contributed by atoms with Crippen LogP contribution < -0.4 is 5.32 Å². The van der Waals surface area contributed by atoms with E-state index >= 15 is 0 Å². The van der Waals surface area contributed by atoms with Crippen LogP contribution in [0, 0.1) is 0 Å². The van der Waals surface area contributed by atoms with E-state index in [1.165, 1.54) is 0 Å². The molecule has 0 radical (unpaired) electrons. The topological polar surface area (TPSA) is 75.2 Å². The van der Waals surface area contributed by atoms with Crippen LogP contribution in [0.25, 0.3) is 11.4 Å². The van der Waals surface area contributed by atoms with Crippen molar-refractivity contribution in [3.63, 3.8) is 0 Å². The van der Waals surface area contributed by atoms with Crippen molar-refractivity contribution in [2.45, 2.75) is 19.4 Å². The predicted molar refractivity (Wildman–Crippen MR) is 115 cm³/mol. The zero-order valence-corrected chi connectivity index (χ0v) is 17.1. The first-order valence-corrected chi connectivity index (χ1v) is 10.2. The van der Waals surface area contributed by atoms with Gasteiger partial charge in [-0.05, 0) is 30.5 Å². The second-order valence-electron chi connectivity index (χ2n) is 7.15. The van der Waals surface area contributed by atoms with Crippen LogP contribution >= 0.6 is 11.6 Å². The van der Waals surface area contributed by atoms with E-state index in [1.807, 2.05) is 42.5 Å². The number of hydrogen-bond donors (Lipinski definition) is 1. The van der Waals surface area contributed by atoms with Crippen molar-refractivity contribution < 1.29 is 9.59 Å². The van der Waals surface area contributed by atoms with Crippen molar-refractivity contribution in [2.75, 3.05) is 13.1 Å². The minimum absolute atomic E-state index is 0.00625. The molecule has 152 valence electrons. The number of aryl methyl sites for hydroxylation is 1. The van der Waals surface area contributed by atoms with E-state index in [4.69, 9.17) is 11.6 Å². The lowest BCUT2D eigenvalue weighted by atomic mass is 10.1. The highest BCUT2D eigenvalue weighted by molar-refractivity contribution is 6.30. The van der Waals surface area contributed by atoms with Crippen molar-refractivity contribution in [1.29, 1.82) is 0 Å². The first-order chi connectivity index (χ1) is 14.6. The summed E-state index contributed by atoms with van der Waals surface area (Å²) in [6, 6.07) is 17.0. The van der Waals surface area contributed by atoms with Crippen LogP contribution in [0.2, 0.25) is 5.02 Å². The number of halogens is 1. The van der Waals surface area contributed by atoms with Gasteiger partial charge in [-0.25, -0.2) is 9.97 Å². The first-order valence-electron chi connectivity index (χ1n) is 9.82. The Morgan fingerprint density at radius 3 is 2.63 bits per heavy atom. The Bertz CT molecular complexity index is 1050. The minimum Gasteiger partial charge on any atom is -0.350 e. The van der Waals surface area contributed by atoms with Gasteiger partial charge in [0.15, 0.2) is 5.82 Å². The number of benzene rings is 2. The van der Waals surface area contributed by atoms with Gasteiger partial charge in [0.05, 0.1) is 17.8 Å². The Hall–Kier alpha value is -3.25. The average Bonchev–Trinajstić information content (AvgIpc) is 2.92. The van der Waals surface area contributed by atoms with Crippen LogP contribution in [-0.2, 0) is 17.8 Å². The third-order valence-electron chi connectivity index (χ3n) is 5.00. The lowest BCUT2D eigenvalue weighted by Crippen LogP contribution is -2.40. The lowest BCUT2D eigenvalue weighted by molar-refractivity contribution is -0.122. The van der Waals surface area contributed by atoms with Gasteiger partial charge < -0.3 is 10.2 Å². The van der Waals surface area contributed by atoms with E-state index in [2.05, 4.69) is 15.3 Å². The molecule has 0 spiro atoms. The third-order valence-corrected chi connectivity index (χ3v) is 5.25. The van der Waals surface area contributed by atoms with Crippen LogP contribution in [0.1, 0.15) is 28.0 Å². The molecule has 2 amide bonds. The summed E-state index contributed by atoms with van der Waals surface area (Å²) < 4.78 is 0. The molecule has 0 saturated heterocycles. The number of rotatable bonds is 5. The van der Waals surface area contributed by atoms with Crippen LogP contribution in [0.5, 0.6) is 0 Å². The Balaban J connectivity index is 1.43. The summed E-state index contributed by atoms with van der Waals surface area (Å²) in [4.78, 5) is 35.9. The maximum absolute atomic E-state index is 13.0. The Morgan fingerprint density at radius 1 is 1.10 bits per heavy atom. The number of carbonyl (C=O) groups is 2. The van der Waals surface area contributed by atoms with E-state index in [9.17, 15) is 9.59 Å². The molecule has 6 nitrogen and oxygen atoms in total. The molecule has 0 bridgehead atoms. The predicted octanol–water partition coefficient (Wildman–Crippen LogP) is 3.50. The Morgan fingerprint density at radius 2 is 1.87 bits per heavy atom. The fourth-order valence-corrected chi connectivity index (χ4v) is 3.53. The lowest BCUT2D eigenvalue weighted by Gasteiger charge is -2.20. The molecule has 0 unspecified atom stereocenters. The zero-order valence-electron chi connectivity index (χ0n) is 16.3. The molecule has 1 aliphatic heterocycles. The van der Waals surface area contributed by atoms with Gasteiger partial charge in [-0.2, -0.15) is 0 Å². The maximum atomic E-state index is 13.0. The van der Waals surface area contributed by atoms with E-state index in [0.717, 1.165) is 23.2 Å². The molecule has 1 N–H and O–H groups in total. The molecule has 0 atom stereocenters. The molecule has 30 heavy (non-hydrogen) atoms. The summed E-state index contributed by atoms with van der Waals surface area (Å²) in [6.45, 7) is 0.898. The van der Waals surface area contributed by atoms with Crippen molar-refractivity contribution in [3.05, 3.63) is 82.6 Å². The molecule has 2 heterocycles. The zero-order chi connectivity index (χ0) is 20.9. The fourth-order valence-electron chi connectivity index (χ4n) is 3.40. The van der Waals surface area contributed by atoms with Crippen LogP contribution in [0.4, 0.5) is 0 Å². The van der Waals surface area contributed by atoms with Gasteiger partial charge in [-0.15, -0.1) is 0 Å². The van der Waals surface area contributed by atoms with Crippen molar-refractivity contribution >= 4 is 23.4 Å². The standard InChI is InChI=1S/C23H21ClN4O2/c24-18-10-8-16(9-11-18)13-25-21(29)15-28-12-4-7-20-19(23(28)30)14-26-22(27-20)17-5-2-1-3-6-17/h1-3,5-6,8-11,14H,4,7,12-13,15H2,(H,25,29). The number of nitrogens with zero attached hydrogens (tertiary/aromatic N) is 3. The summed E-state index contributed by atoms with van der Waals surface area (Å²) in [5.74, 6) is 0.198. The van der Waals surface area contributed by atoms with Crippen molar-refractivity contribution in [3.8, 4) is 11.4 Å². The molecule has 4 rings (SSSR count). The average molecular weight is 421 g/mol. The van der Waals surface area contributed by atoms with Gasteiger partial charge in [0.1, 0.15) is 0 Å². The van der Waals surface area contributed by atoms with Crippen LogP contribution in [0.15, 0.2) is 60.8 Å². The van der Waals surface area contributed by atoms with Gasteiger partial charge in [0.2, 0.25) is 5.91 Å². The highest BCUT2D eigenvalue weighted by Gasteiger charge is 2.25. The number of fused-ring (bicyclic) bond motifs is 1. The summed E-state index contributed by atoms with van der Waals surface area (Å²) in [5, 5.41) is 3.50. The second kappa shape index (κ2) is 9.05. The number of amides is 2. The summed E-state index contributed by atoms with van der Waals surface area (Å²) >= 11 is 5.88. The molecule has 0 aliphatic carbocycles. The largest absolute Gasteiger partial charge is 0.350 e. The second-order valence-corrected chi connectivity index (χ2v) is 7.59. The van der Waals surface area contributed by atoms with E-state index < -0.39 is 0 Å². The van der Waals surface area contributed by atoms with Gasteiger partial charge in [-0.1, -0.05) is 54.1 Å². The number of nitrogens with one attached hydrogen (secondary N) is 1. The minimum atomic E-state index is -0.205. The molecule has 0 fully saturated rings. The van der Waals surface area contributed by atoms with Gasteiger partial charge in [-0.3, -0.25) is 9.59 Å². The molecule has 1 aromatic heterocycles. The third kappa shape index (κ3) is 4.66. The Kier molecular flexibility index (Phi) is 6.05. The molecule has 7 heteroatoms. The summed E-state index contributed by atoms with van der Waals surface area (Å²) in [6.07, 6.45) is 3.00. The maximum Gasteiger partial charge on any atom is 0.257 e. The van der Waals surface area contributed by atoms with Crippen molar-refractivity contribution in [1.82, 2.24) is 20.2 Å². The van der Waals surface area contributed by atoms with Gasteiger partial charge in [0, 0.05) is 29.9 Å². The molecular formula is C23H21ClN4O2. The van der Waals surface area contributed by atoms with Crippen molar-refractivity contribution in [2.24, 2.45) is 0 Å². The van der Waals surface area contributed by atoms with E-state index in [0.29, 0.717) is 35.9 Å². The van der Waals surface area contributed by atoms with Crippen LogP contribution in [-0.4, -0.2) is 39.8 Å². The molecule has 0 saturated carbocycles. The molecular weight excluding hydrogens is 400 g/mol. The first kappa shape index (κ1) is 20.0. The highest BCUT2D eigenvalue weighted by atomic mass is 35.5. The monoisotopic (exact) mass is 420 g/mol. The molecule has 3 aromatic rings. The van der Waals surface area contributed by atoms with E-state index in [1.54, 1.807) is 23.2 Å². The van der Waals surface area contributed by atoms with Crippen LogP contribution in [0.3, 0.4) is 0 Å². The molecule has 1 aliphatic rings. The quantitative estimate of drug-likeness (QED) is 0.685. The smallest absolute Gasteiger partial charge is 0.257 e. The Labute approximate surface area is 179 Å². The number of carbonyl (C=O) groups excluding carboxylic acids is 2. The summed E-state index contributed by atoms with van der Waals surface area (Å²) in [5.41, 5.74) is 3.06. The number of hydrogen-bond acceptors (Lipinski definition) is 4. The SMILES string of the molecule is O=C(CN1CCCc2nc(-c3ccccc3)ncc2C1=O)NCc1ccc(Cl)cc1. The summed E-state index contributed by atoms with van der Waals surface area (Å²) in [7, 11) is 0. The normalized spacial score (nSPS) is 13.5. The fraction of sp³-hybridized carbons (Fsp3) is 0.217.